The third-order valence-electron chi connectivity index (χ3n) is 4.26. The van der Waals surface area contributed by atoms with Gasteiger partial charge < -0.3 is 5.11 Å². The van der Waals surface area contributed by atoms with Crippen LogP contribution in [0.4, 0.5) is 0 Å². The number of pyridine rings is 1. The number of hydrogen-bond donors (Lipinski definition) is 1. The molecule has 1 aromatic heterocycles. The molecule has 118 valence electrons. The van der Waals surface area contributed by atoms with Crippen molar-refractivity contribution < 1.29 is 13.5 Å². The monoisotopic (exact) mass is 312 g/mol. The number of sulfonamides is 1. The topological polar surface area (TPSA) is 70.5 Å². The first-order valence-electron chi connectivity index (χ1n) is 7.51. The van der Waals surface area contributed by atoms with Crippen LogP contribution in [0.3, 0.4) is 0 Å². The first-order chi connectivity index (χ1) is 9.95. The number of hydrogen-bond acceptors (Lipinski definition) is 4. The predicted molar refractivity (Wildman–Crippen MR) is 81.1 cm³/mol. The van der Waals surface area contributed by atoms with Crippen LogP contribution in [0.5, 0.6) is 0 Å². The van der Waals surface area contributed by atoms with Gasteiger partial charge in [-0.1, -0.05) is 19.9 Å². The third-order valence-corrected chi connectivity index (χ3v) is 6.07. The molecule has 21 heavy (non-hydrogen) atoms. The fraction of sp³-hybridized carbons (Fsp3) is 0.667. The maximum absolute atomic E-state index is 12.6. The highest BCUT2D eigenvalue weighted by atomic mass is 32.2. The van der Waals surface area contributed by atoms with Crippen molar-refractivity contribution in [3.63, 3.8) is 0 Å². The first kappa shape index (κ1) is 16.4. The van der Waals surface area contributed by atoms with Crippen LogP contribution >= 0.6 is 0 Å². The van der Waals surface area contributed by atoms with E-state index in [2.05, 4.69) is 18.8 Å². The maximum atomic E-state index is 12.6. The van der Waals surface area contributed by atoms with E-state index in [4.69, 9.17) is 5.11 Å². The largest absolute Gasteiger partial charge is 0.392 e. The van der Waals surface area contributed by atoms with Gasteiger partial charge in [-0.25, -0.2) is 13.4 Å². The molecule has 0 amide bonds. The van der Waals surface area contributed by atoms with Crippen molar-refractivity contribution in [1.82, 2.24) is 9.29 Å². The van der Waals surface area contributed by atoms with Gasteiger partial charge >= 0.3 is 0 Å². The number of aliphatic hydroxyl groups excluding tert-OH is 1. The van der Waals surface area contributed by atoms with Crippen molar-refractivity contribution in [2.24, 2.45) is 11.8 Å². The zero-order valence-corrected chi connectivity index (χ0v) is 13.5. The van der Waals surface area contributed by atoms with Crippen LogP contribution in [0.25, 0.3) is 0 Å². The fourth-order valence-corrected chi connectivity index (χ4v) is 4.20. The van der Waals surface area contributed by atoms with Crippen LogP contribution < -0.4 is 0 Å². The van der Waals surface area contributed by atoms with E-state index in [0.717, 1.165) is 19.3 Å². The minimum Gasteiger partial charge on any atom is -0.392 e. The Labute approximate surface area is 127 Å². The number of aliphatic hydroxyl groups is 1. The summed E-state index contributed by atoms with van der Waals surface area (Å²) in [6.07, 6.45) is 4.31. The van der Waals surface area contributed by atoms with Gasteiger partial charge in [-0.15, -0.1) is 0 Å². The standard InChI is InChI=1S/C15H24N2O3S/c1-12(2)14-4-3-8-17(9-7-14)21(19,20)15-6-5-13(11-18)10-16-15/h5-6,10,12,14,18H,3-4,7-9,11H2,1-2H3. The van der Waals surface area contributed by atoms with Crippen molar-refractivity contribution in [3.8, 4) is 0 Å². The molecule has 2 heterocycles. The normalized spacial score (nSPS) is 21.4. The summed E-state index contributed by atoms with van der Waals surface area (Å²) in [5.74, 6) is 1.18. The summed E-state index contributed by atoms with van der Waals surface area (Å²) in [7, 11) is -3.52. The van der Waals surface area contributed by atoms with Gasteiger partial charge in [-0.05, 0) is 42.7 Å². The Morgan fingerprint density at radius 3 is 2.67 bits per heavy atom. The van der Waals surface area contributed by atoms with Crippen LogP contribution in [0.2, 0.25) is 0 Å². The minimum absolute atomic E-state index is 0.0719. The lowest BCUT2D eigenvalue weighted by atomic mass is 9.89. The summed E-state index contributed by atoms with van der Waals surface area (Å²) in [6.45, 7) is 5.39. The van der Waals surface area contributed by atoms with Crippen LogP contribution in [-0.4, -0.2) is 35.9 Å². The Bertz CT molecular complexity index is 555. The Kier molecular flexibility index (Phi) is 5.35. The first-order valence-corrected chi connectivity index (χ1v) is 8.95. The molecule has 0 radical (unpaired) electrons. The van der Waals surface area contributed by atoms with Gasteiger partial charge in [-0.3, -0.25) is 0 Å². The molecule has 0 saturated carbocycles. The van der Waals surface area contributed by atoms with E-state index in [1.807, 2.05) is 0 Å². The highest BCUT2D eigenvalue weighted by Crippen LogP contribution is 2.27. The van der Waals surface area contributed by atoms with E-state index in [0.29, 0.717) is 30.5 Å². The number of aromatic nitrogens is 1. The van der Waals surface area contributed by atoms with Crippen molar-refractivity contribution in [2.45, 2.75) is 44.7 Å². The zero-order chi connectivity index (χ0) is 15.5. The molecule has 2 rings (SSSR count). The van der Waals surface area contributed by atoms with Crippen molar-refractivity contribution >= 4 is 10.0 Å². The van der Waals surface area contributed by atoms with Crippen molar-refractivity contribution in [2.75, 3.05) is 13.1 Å². The van der Waals surface area contributed by atoms with Gasteiger partial charge in [0, 0.05) is 19.3 Å². The molecular formula is C15H24N2O3S. The SMILES string of the molecule is CC(C)C1CCCN(S(=O)(=O)c2ccc(CO)cn2)CC1. The molecule has 1 fully saturated rings. The summed E-state index contributed by atoms with van der Waals surface area (Å²) in [6, 6.07) is 3.08. The third kappa shape index (κ3) is 3.81. The zero-order valence-electron chi connectivity index (χ0n) is 12.7. The highest BCUT2D eigenvalue weighted by molar-refractivity contribution is 7.89. The molecule has 1 aliphatic heterocycles. The van der Waals surface area contributed by atoms with Gasteiger partial charge in [0.05, 0.1) is 6.61 Å². The lowest BCUT2D eigenvalue weighted by molar-refractivity contribution is 0.281. The van der Waals surface area contributed by atoms with Crippen molar-refractivity contribution in [3.05, 3.63) is 23.9 Å². The molecule has 0 spiro atoms. The Morgan fingerprint density at radius 2 is 2.10 bits per heavy atom. The second kappa shape index (κ2) is 6.85. The second-order valence-corrected chi connectivity index (χ2v) is 7.89. The molecular weight excluding hydrogens is 288 g/mol. The molecule has 1 unspecified atom stereocenters. The minimum atomic E-state index is -3.52. The molecule has 1 N–H and O–H groups in total. The van der Waals surface area contributed by atoms with Crippen LogP contribution in [-0.2, 0) is 16.6 Å². The quantitative estimate of drug-likeness (QED) is 0.923. The lowest BCUT2D eigenvalue weighted by Gasteiger charge is -2.20. The molecule has 0 aliphatic carbocycles. The van der Waals surface area contributed by atoms with Crippen LogP contribution in [0.15, 0.2) is 23.4 Å². The molecule has 0 bridgehead atoms. The molecule has 6 heteroatoms. The molecule has 1 saturated heterocycles. The van der Waals surface area contributed by atoms with E-state index in [-0.39, 0.29) is 11.6 Å². The van der Waals surface area contributed by atoms with E-state index < -0.39 is 10.0 Å². The van der Waals surface area contributed by atoms with Gasteiger partial charge in [-0.2, -0.15) is 4.31 Å². The summed E-state index contributed by atoms with van der Waals surface area (Å²) >= 11 is 0. The second-order valence-electron chi connectivity index (χ2n) is 6.00. The van der Waals surface area contributed by atoms with E-state index in [9.17, 15) is 8.42 Å². The Balaban J connectivity index is 2.15. The van der Waals surface area contributed by atoms with Crippen LogP contribution in [0, 0.1) is 11.8 Å². The van der Waals surface area contributed by atoms with Crippen molar-refractivity contribution in [1.29, 1.82) is 0 Å². The number of nitrogens with zero attached hydrogens (tertiary/aromatic N) is 2. The maximum Gasteiger partial charge on any atom is 0.260 e. The van der Waals surface area contributed by atoms with E-state index >= 15 is 0 Å². The molecule has 5 nitrogen and oxygen atoms in total. The average Bonchev–Trinajstić information content (AvgIpc) is 2.73. The smallest absolute Gasteiger partial charge is 0.260 e. The molecule has 0 aromatic carbocycles. The van der Waals surface area contributed by atoms with Crippen LogP contribution in [0.1, 0.15) is 38.7 Å². The number of rotatable bonds is 4. The summed E-state index contributed by atoms with van der Waals surface area (Å²) in [5.41, 5.74) is 0.615. The predicted octanol–water partition coefficient (Wildman–Crippen LogP) is 2.02. The van der Waals surface area contributed by atoms with E-state index in [1.165, 1.54) is 12.3 Å². The van der Waals surface area contributed by atoms with Gasteiger partial charge in [0.25, 0.3) is 10.0 Å². The lowest BCUT2D eigenvalue weighted by Crippen LogP contribution is -2.32. The summed E-state index contributed by atoms with van der Waals surface area (Å²) < 4.78 is 26.8. The molecule has 1 atom stereocenters. The Hall–Kier alpha value is -0.980. The average molecular weight is 312 g/mol. The summed E-state index contributed by atoms with van der Waals surface area (Å²) in [4.78, 5) is 3.99. The van der Waals surface area contributed by atoms with Gasteiger partial charge in [0.2, 0.25) is 0 Å². The van der Waals surface area contributed by atoms with E-state index in [1.54, 1.807) is 10.4 Å². The fourth-order valence-electron chi connectivity index (χ4n) is 2.79. The highest BCUT2D eigenvalue weighted by Gasteiger charge is 2.29. The molecule has 1 aromatic rings. The van der Waals surface area contributed by atoms with Gasteiger partial charge in [0.15, 0.2) is 5.03 Å². The summed E-state index contributed by atoms with van der Waals surface area (Å²) in [5, 5.41) is 9.07. The van der Waals surface area contributed by atoms with Gasteiger partial charge in [0.1, 0.15) is 0 Å². The molecule has 1 aliphatic rings. The Morgan fingerprint density at radius 1 is 1.33 bits per heavy atom.